The number of carbonyl (C=O) groups is 2. The number of fused-ring (bicyclic) bond motifs is 1. The van der Waals surface area contributed by atoms with E-state index in [0.29, 0.717) is 29.7 Å². The Morgan fingerprint density at radius 3 is 2.52 bits per heavy atom. The number of hydrogen-bond acceptors (Lipinski definition) is 4. The lowest BCUT2D eigenvalue weighted by atomic mass is 10.1. The lowest BCUT2D eigenvalue weighted by Crippen LogP contribution is -2.50. The predicted octanol–water partition coefficient (Wildman–Crippen LogP) is 0.251. The number of aromatic amines is 1. The number of carbonyl (C=O) groups excluding carboxylic acids is 2. The van der Waals surface area contributed by atoms with Crippen LogP contribution < -0.4 is 16.6 Å². The van der Waals surface area contributed by atoms with Crippen LogP contribution in [0.1, 0.15) is 10.4 Å². The molecule has 0 spiro atoms. The van der Waals surface area contributed by atoms with Gasteiger partial charge in [-0.3, -0.25) is 14.4 Å². The molecular weight excluding hydrogens is 348 g/mol. The van der Waals surface area contributed by atoms with Crippen molar-refractivity contribution in [3.63, 3.8) is 0 Å². The van der Waals surface area contributed by atoms with Crippen molar-refractivity contribution in [3.8, 4) is 5.69 Å². The monoisotopic (exact) mass is 364 g/mol. The first-order chi connectivity index (χ1) is 13.0. The van der Waals surface area contributed by atoms with E-state index in [-0.39, 0.29) is 23.9 Å². The molecule has 1 saturated heterocycles. The highest BCUT2D eigenvalue weighted by atomic mass is 16.2. The number of H-pyrrole nitrogens is 1. The van der Waals surface area contributed by atoms with Crippen molar-refractivity contribution in [3.05, 3.63) is 74.9 Å². The molecule has 2 amide bonds. The van der Waals surface area contributed by atoms with Crippen molar-refractivity contribution >= 4 is 22.7 Å². The van der Waals surface area contributed by atoms with E-state index in [4.69, 9.17) is 0 Å². The summed E-state index contributed by atoms with van der Waals surface area (Å²) in [5.74, 6) is -0.533. The highest BCUT2D eigenvalue weighted by molar-refractivity contribution is 5.99. The van der Waals surface area contributed by atoms with Crippen molar-refractivity contribution in [1.29, 1.82) is 0 Å². The van der Waals surface area contributed by atoms with Crippen LogP contribution in [0.5, 0.6) is 0 Å². The highest BCUT2D eigenvalue weighted by Gasteiger charge is 2.22. The third-order valence-corrected chi connectivity index (χ3v) is 4.48. The largest absolute Gasteiger partial charge is 0.353 e. The van der Waals surface area contributed by atoms with Gasteiger partial charge in [-0.05, 0) is 30.3 Å². The molecule has 4 rings (SSSR count). The van der Waals surface area contributed by atoms with Crippen LogP contribution in [0, 0.1) is 0 Å². The number of rotatable bonds is 2. The predicted molar refractivity (Wildman–Crippen MR) is 99.1 cm³/mol. The molecule has 136 valence electrons. The van der Waals surface area contributed by atoms with Crippen molar-refractivity contribution < 1.29 is 9.59 Å². The van der Waals surface area contributed by atoms with E-state index in [1.54, 1.807) is 30.3 Å². The van der Waals surface area contributed by atoms with Gasteiger partial charge in [-0.1, -0.05) is 18.2 Å². The molecule has 2 heterocycles. The maximum atomic E-state index is 12.8. The normalized spacial score (nSPS) is 14.2. The summed E-state index contributed by atoms with van der Waals surface area (Å²) in [6, 6.07) is 13.1. The second kappa shape index (κ2) is 6.56. The number of amides is 2. The minimum atomic E-state index is -0.583. The van der Waals surface area contributed by atoms with Gasteiger partial charge in [0.1, 0.15) is 0 Å². The average molecular weight is 364 g/mol. The van der Waals surface area contributed by atoms with Crippen LogP contribution in [0.15, 0.2) is 58.1 Å². The lowest BCUT2D eigenvalue weighted by molar-refractivity contribution is -0.123. The quantitative estimate of drug-likeness (QED) is 0.680. The summed E-state index contributed by atoms with van der Waals surface area (Å²) in [7, 11) is 0. The smallest absolute Gasteiger partial charge is 0.333 e. The summed E-state index contributed by atoms with van der Waals surface area (Å²) >= 11 is 0. The van der Waals surface area contributed by atoms with Crippen molar-refractivity contribution in [2.75, 3.05) is 19.6 Å². The molecule has 1 aromatic heterocycles. The van der Waals surface area contributed by atoms with Crippen LogP contribution in [0.25, 0.3) is 16.6 Å². The molecule has 2 N–H and O–H groups in total. The van der Waals surface area contributed by atoms with E-state index < -0.39 is 11.2 Å². The van der Waals surface area contributed by atoms with E-state index in [1.807, 2.05) is 0 Å². The first-order valence-electron chi connectivity index (χ1n) is 8.45. The summed E-state index contributed by atoms with van der Waals surface area (Å²) in [5, 5.41) is 2.96. The SMILES string of the molecule is O=C1CN(C(=O)c2ccc3c(=O)n(-c4ccccc4)c(=O)[nH]c3c2)CCN1. The Hall–Kier alpha value is -3.68. The van der Waals surface area contributed by atoms with Gasteiger partial charge in [-0.25, -0.2) is 9.36 Å². The minimum absolute atomic E-state index is 0.0109. The molecule has 1 fully saturated rings. The molecule has 0 radical (unpaired) electrons. The number of aromatic nitrogens is 2. The van der Waals surface area contributed by atoms with Crippen molar-refractivity contribution in [2.45, 2.75) is 0 Å². The molecule has 8 heteroatoms. The van der Waals surface area contributed by atoms with E-state index in [1.165, 1.54) is 23.1 Å². The van der Waals surface area contributed by atoms with Crippen molar-refractivity contribution in [1.82, 2.24) is 19.8 Å². The second-order valence-electron chi connectivity index (χ2n) is 6.24. The third kappa shape index (κ3) is 3.01. The maximum absolute atomic E-state index is 12.8. The zero-order valence-electron chi connectivity index (χ0n) is 14.3. The molecule has 0 atom stereocenters. The molecule has 3 aromatic rings. The molecule has 8 nitrogen and oxygen atoms in total. The van der Waals surface area contributed by atoms with E-state index in [0.717, 1.165) is 4.57 Å². The number of nitrogens with one attached hydrogen (secondary N) is 2. The Morgan fingerprint density at radius 1 is 1.00 bits per heavy atom. The minimum Gasteiger partial charge on any atom is -0.353 e. The Bertz CT molecular complexity index is 1160. The van der Waals surface area contributed by atoms with Crippen LogP contribution in [0.3, 0.4) is 0 Å². The van der Waals surface area contributed by atoms with Gasteiger partial charge < -0.3 is 15.2 Å². The Balaban J connectivity index is 1.78. The molecule has 1 aliphatic heterocycles. The number of nitrogens with zero attached hydrogens (tertiary/aromatic N) is 2. The summed E-state index contributed by atoms with van der Waals surface area (Å²) in [6.07, 6.45) is 0. The van der Waals surface area contributed by atoms with Gasteiger partial charge >= 0.3 is 5.69 Å². The number of benzene rings is 2. The molecule has 0 unspecified atom stereocenters. The molecule has 27 heavy (non-hydrogen) atoms. The summed E-state index contributed by atoms with van der Waals surface area (Å²) in [5.41, 5.74) is 0.0104. The molecular formula is C19H16N4O4. The first kappa shape index (κ1) is 16.8. The average Bonchev–Trinajstić information content (AvgIpc) is 2.68. The van der Waals surface area contributed by atoms with Gasteiger partial charge in [-0.2, -0.15) is 0 Å². The molecule has 1 aliphatic rings. The number of para-hydroxylation sites is 1. The number of piperazine rings is 1. The van der Waals surface area contributed by atoms with E-state index in [2.05, 4.69) is 10.3 Å². The molecule has 2 aromatic carbocycles. The van der Waals surface area contributed by atoms with Crippen LogP contribution in [-0.4, -0.2) is 45.9 Å². The van der Waals surface area contributed by atoms with Gasteiger partial charge in [-0.15, -0.1) is 0 Å². The fourth-order valence-electron chi connectivity index (χ4n) is 3.16. The van der Waals surface area contributed by atoms with Gasteiger partial charge in [0.05, 0.1) is 23.1 Å². The maximum Gasteiger partial charge on any atom is 0.333 e. The molecule has 0 aliphatic carbocycles. The van der Waals surface area contributed by atoms with Crippen molar-refractivity contribution in [2.24, 2.45) is 0 Å². The van der Waals surface area contributed by atoms with Gasteiger partial charge in [0.15, 0.2) is 0 Å². The topological polar surface area (TPSA) is 104 Å². The Labute approximate surface area is 153 Å². The molecule has 0 bridgehead atoms. The summed E-state index contributed by atoms with van der Waals surface area (Å²) in [4.78, 5) is 53.4. The Morgan fingerprint density at radius 2 is 1.78 bits per heavy atom. The molecule has 0 saturated carbocycles. The standard InChI is InChI=1S/C19H16N4O4/c24-16-11-22(9-8-20-16)17(25)12-6-7-14-15(10-12)21-19(27)23(18(14)26)13-4-2-1-3-5-13/h1-7,10H,8-9,11H2,(H,20,24)(H,21,27). The van der Waals surface area contributed by atoms with Crippen LogP contribution in [-0.2, 0) is 4.79 Å². The van der Waals surface area contributed by atoms with Crippen LogP contribution in [0.4, 0.5) is 0 Å². The highest BCUT2D eigenvalue weighted by Crippen LogP contribution is 2.13. The number of hydrogen-bond donors (Lipinski definition) is 2. The van der Waals surface area contributed by atoms with Crippen LogP contribution >= 0.6 is 0 Å². The summed E-state index contributed by atoms with van der Waals surface area (Å²) < 4.78 is 1.05. The van der Waals surface area contributed by atoms with E-state index >= 15 is 0 Å². The first-order valence-corrected chi connectivity index (χ1v) is 8.45. The summed E-state index contributed by atoms with van der Waals surface area (Å²) in [6.45, 7) is 0.800. The Kier molecular flexibility index (Phi) is 4.08. The van der Waals surface area contributed by atoms with Gasteiger partial charge in [0, 0.05) is 18.7 Å². The van der Waals surface area contributed by atoms with E-state index in [9.17, 15) is 19.2 Å². The fraction of sp³-hybridized carbons (Fsp3) is 0.158. The van der Waals surface area contributed by atoms with Gasteiger partial charge in [0.25, 0.3) is 11.5 Å². The zero-order chi connectivity index (χ0) is 19.0. The zero-order valence-corrected chi connectivity index (χ0v) is 14.3. The van der Waals surface area contributed by atoms with Gasteiger partial charge in [0.2, 0.25) is 5.91 Å². The fourth-order valence-corrected chi connectivity index (χ4v) is 3.16. The lowest BCUT2D eigenvalue weighted by Gasteiger charge is -2.26. The second-order valence-corrected chi connectivity index (χ2v) is 6.24. The van der Waals surface area contributed by atoms with Crippen LogP contribution in [0.2, 0.25) is 0 Å². The third-order valence-electron chi connectivity index (χ3n) is 4.48.